The molecule has 0 bridgehead atoms. The van der Waals surface area contributed by atoms with Crippen molar-refractivity contribution in [3.05, 3.63) is 59.4 Å². The van der Waals surface area contributed by atoms with Crippen molar-refractivity contribution in [2.75, 3.05) is 16.8 Å². The van der Waals surface area contributed by atoms with Crippen LogP contribution in [0.4, 0.5) is 10.1 Å². The molecule has 1 aliphatic heterocycles. The minimum Gasteiger partial charge on any atom is -0.321 e. The second-order valence-electron chi connectivity index (χ2n) is 6.35. The molecule has 1 aliphatic rings. The predicted molar refractivity (Wildman–Crippen MR) is 102 cm³/mol. The van der Waals surface area contributed by atoms with Gasteiger partial charge < -0.3 is 5.32 Å². The zero-order chi connectivity index (χ0) is 19.0. The van der Waals surface area contributed by atoms with Crippen LogP contribution in [-0.2, 0) is 9.84 Å². The minimum atomic E-state index is -3.09. The van der Waals surface area contributed by atoms with Gasteiger partial charge in [0.05, 0.1) is 28.1 Å². The van der Waals surface area contributed by atoms with Crippen LogP contribution in [0.1, 0.15) is 23.0 Å². The van der Waals surface area contributed by atoms with E-state index in [0.29, 0.717) is 12.1 Å². The van der Waals surface area contributed by atoms with Crippen molar-refractivity contribution in [2.45, 2.75) is 12.5 Å². The van der Waals surface area contributed by atoms with Crippen LogP contribution in [0.15, 0.2) is 47.8 Å². The summed E-state index contributed by atoms with van der Waals surface area (Å²) >= 11 is 1.50. The Hall–Kier alpha value is -2.52. The summed E-state index contributed by atoms with van der Waals surface area (Å²) in [6.07, 6.45) is 0.474. The van der Waals surface area contributed by atoms with Gasteiger partial charge in [-0.05, 0) is 48.2 Å². The van der Waals surface area contributed by atoms with Crippen LogP contribution in [0, 0.1) is 5.82 Å². The monoisotopic (exact) mass is 405 g/mol. The van der Waals surface area contributed by atoms with E-state index in [2.05, 4.69) is 10.4 Å². The Morgan fingerprint density at radius 3 is 2.67 bits per heavy atom. The first kappa shape index (κ1) is 17.9. The average Bonchev–Trinajstić information content (AvgIpc) is 3.35. The number of benzene rings is 1. The summed E-state index contributed by atoms with van der Waals surface area (Å²) in [4.78, 5) is 13.5. The van der Waals surface area contributed by atoms with Gasteiger partial charge >= 0.3 is 0 Å². The molecule has 0 radical (unpaired) electrons. The van der Waals surface area contributed by atoms with Crippen LogP contribution in [0.2, 0.25) is 0 Å². The summed E-state index contributed by atoms with van der Waals surface area (Å²) in [7, 11) is -3.09. The van der Waals surface area contributed by atoms with Gasteiger partial charge in [-0.15, -0.1) is 11.3 Å². The number of amides is 1. The van der Waals surface area contributed by atoms with Gasteiger partial charge in [-0.25, -0.2) is 12.8 Å². The molecule has 27 heavy (non-hydrogen) atoms. The van der Waals surface area contributed by atoms with E-state index in [1.54, 1.807) is 10.7 Å². The van der Waals surface area contributed by atoms with Crippen LogP contribution in [-0.4, -0.2) is 35.6 Å². The Morgan fingerprint density at radius 1 is 1.26 bits per heavy atom. The molecular weight excluding hydrogens is 389 g/mol. The Labute approximate surface area is 159 Å². The van der Waals surface area contributed by atoms with Gasteiger partial charge in [0, 0.05) is 5.69 Å². The van der Waals surface area contributed by atoms with E-state index < -0.39 is 15.7 Å². The highest BCUT2D eigenvalue weighted by atomic mass is 32.2. The van der Waals surface area contributed by atoms with Gasteiger partial charge in [-0.2, -0.15) is 5.10 Å². The molecular formula is C18H16FN3O3S2. The molecule has 1 saturated heterocycles. The van der Waals surface area contributed by atoms with E-state index >= 15 is 0 Å². The lowest BCUT2D eigenvalue weighted by Crippen LogP contribution is -2.16. The Kier molecular flexibility index (Phi) is 4.56. The molecule has 1 aromatic carbocycles. The lowest BCUT2D eigenvalue weighted by molar-refractivity contribution is 0.102. The van der Waals surface area contributed by atoms with Crippen molar-refractivity contribution in [3.63, 3.8) is 0 Å². The Morgan fingerprint density at radius 2 is 2.04 bits per heavy atom. The number of halogens is 1. The van der Waals surface area contributed by atoms with Gasteiger partial charge in [0.2, 0.25) is 0 Å². The first-order valence-electron chi connectivity index (χ1n) is 8.32. The van der Waals surface area contributed by atoms with E-state index in [9.17, 15) is 17.6 Å². The highest BCUT2D eigenvalue weighted by Crippen LogP contribution is 2.32. The SMILES string of the molecule is O=C(Nc1ccc(F)cc1)c1cc(-c2cccs2)n([C@H]2CCS(=O)(=O)C2)n1. The topological polar surface area (TPSA) is 81.1 Å². The van der Waals surface area contributed by atoms with Gasteiger partial charge in [-0.1, -0.05) is 6.07 Å². The molecule has 4 rings (SSSR count). The molecule has 1 N–H and O–H groups in total. The van der Waals surface area contributed by atoms with E-state index in [4.69, 9.17) is 0 Å². The van der Waals surface area contributed by atoms with Crippen molar-refractivity contribution in [3.8, 4) is 10.6 Å². The molecule has 0 spiro atoms. The summed E-state index contributed by atoms with van der Waals surface area (Å²) in [6.45, 7) is 0. The third kappa shape index (κ3) is 3.79. The molecule has 0 aliphatic carbocycles. The highest BCUT2D eigenvalue weighted by molar-refractivity contribution is 7.91. The van der Waals surface area contributed by atoms with Crippen LogP contribution >= 0.6 is 11.3 Å². The number of hydrogen-bond donors (Lipinski definition) is 1. The van der Waals surface area contributed by atoms with Crippen molar-refractivity contribution in [1.29, 1.82) is 0 Å². The van der Waals surface area contributed by atoms with Gasteiger partial charge in [-0.3, -0.25) is 9.48 Å². The third-order valence-electron chi connectivity index (χ3n) is 4.40. The van der Waals surface area contributed by atoms with Crippen molar-refractivity contribution in [2.24, 2.45) is 0 Å². The van der Waals surface area contributed by atoms with Crippen molar-refractivity contribution in [1.82, 2.24) is 9.78 Å². The van der Waals surface area contributed by atoms with E-state index in [0.717, 1.165) is 10.6 Å². The fourth-order valence-corrected chi connectivity index (χ4v) is 5.51. The van der Waals surface area contributed by atoms with Crippen LogP contribution in [0.3, 0.4) is 0 Å². The summed E-state index contributed by atoms with van der Waals surface area (Å²) in [5, 5.41) is 8.99. The first-order chi connectivity index (χ1) is 12.9. The van der Waals surface area contributed by atoms with Crippen molar-refractivity contribution < 1.29 is 17.6 Å². The molecule has 3 heterocycles. The number of anilines is 1. The molecule has 3 aromatic rings. The van der Waals surface area contributed by atoms with Crippen LogP contribution < -0.4 is 5.32 Å². The lowest BCUT2D eigenvalue weighted by atomic mass is 10.2. The number of aromatic nitrogens is 2. The van der Waals surface area contributed by atoms with Crippen molar-refractivity contribution >= 4 is 32.8 Å². The molecule has 0 unspecified atom stereocenters. The fraction of sp³-hybridized carbons (Fsp3) is 0.222. The highest BCUT2D eigenvalue weighted by Gasteiger charge is 2.32. The van der Waals surface area contributed by atoms with E-state index in [-0.39, 0.29) is 29.1 Å². The molecule has 1 amide bonds. The third-order valence-corrected chi connectivity index (χ3v) is 7.04. The summed E-state index contributed by atoms with van der Waals surface area (Å²) in [6, 6.07) is 10.6. The number of sulfone groups is 1. The molecule has 9 heteroatoms. The normalized spacial score (nSPS) is 18.5. The van der Waals surface area contributed by atoms with Crippen LogP contribution in [0.5, 0.6) is 0 Å². The molecule has 0 saturated carbocycles. The zero-order valence-corrected chi connectivity index (χ0v) is 15.8. The lowest BCUT2D eigenvalue weighted by Gasteiger charge is -2.12. The molecule has 1 atom stereocenters. The maximum atomic E-state index is 13.0. The predicted octanol–water partition coefficient (Wildman–Crippen LogP) is 3.36. The second kappa shape index (κ2) is 6.90. The fourth-order valence-electron chi connectivity index (χ4n) is 3.09. The number of hydrogen-bond acceptors (Lipinski definition) is 5. The largest absolute Gasteiger partial charge is 0.321 e. The minimum absolute atomic E-state index is 0.0199. The van der Waals surface area contributed by atoms with Gasteiger partial charge in [0.25, 0.3) is 5.91 Å². The number of carbonyl (C=O) groups excluding carboxylic acids is 1. The number of nitrogens with one attached hydrogen (secondary N) is 1. The Balaban J connectivity index is 1.66. The molecule has 6 nitrogen and oxygen atoms in total. The quantitative estimate of drug-likeness (QED) is 0.722. The summed E-state index contributed by atoms with van der Waals surface area (Å²) < 4.78 is 38.4. The zero-order valence-electron chi connectivity index (χ0n) is 14.1. The maximum absolute atomic E-state index is 13.0. The molecule has 2 aromatic heterocycles. The molecule has 1 fully saturated rings. The summed E-state index contributed by atoms with van der Waals surface area (Å²) in [5.41, 5.74) is 1.36. The maximum Gasteiger partial charge on any atom is 0.276 e. The van der Waals surface area contributed by atoms with Gasteiger partial charge in [0.1, 0.15) is 5.82 Å². The van der Waals surface area contributed by atoms with Gasteiger partial charge in [0.15, 0.2) is 15.5 Å². The van der Waals surface area contributed by atoms with Crippen LogP contribution in [0.25, 0.3) is 10.6 Å². The molecule has 140 valence electrons. The second-order valence-corrected chi connectivity index (χ2v) is 9.53. The number of rotatable bonds is 4. The Bertz CT molecular complexity index is 1070. The first-order valence-corrected chi connectivity index (χ1v) is 11.0. The standard InChI is InChI=1S/C18H16FN3O3S2/c19-12-3-5-13(6-4-12)20-18(23)15-10-16(17-2-1-8-26-17)22(21-15)14-7-9-27(24,25)11-14/h1-6,8,10,14H,7,9,11H2,(H,20,23)/t14-/m0/s1. The summed E-state index contributed by atoms with van der Waals surface area (Å²) in [5.74, 6) is -0.677. The number of thiophene rings is 1. The van der Waals surface area contributed by atoms with E-state index in [1.807, 2.05) is 17.5 Å². The average molecular weight is 405 g/mol. The van der Waals surface area contributed by atoms with E-state index in [1.165, 1.54) is 35.6 Å². The smallest absolute Gasteiger partial charge is 0.276 e. The number of carbonyl (C=O) groups is 1. The number of nitrogens with zero attached hydrogens (tertiary/aromatic N) is 2.